The van der Waals surface area contributed by atoms with Gasteiger partial charge in [0.2, 0.25) is 0 Å². The number of hydrogen-bond donors (Lipinski definition) is 1. The van der Waals surface area contributed by atoms with Gasteiger partial charge in [0.1, 0.15) is 0 Å². The molecule has 0 radical (unpaired) electrons. The van der Waals surface area contributed by atoms with Crippen LogP contribution in [0.25, 0.3) is 5.32 Å². The summed E-state index contributed by atoms with van der Waals surface area (Å²) in [5.41, 5.74) is 0. The average Bonchev–Trinajstić information content (AvgIpc) is 2.53. The molecule has 2 atom stereocenters. The number of esters is 2. The van der Waals surface area contributed by atoms with Crippen molar-refractivity contribution in [2.24, 2.45) is 0 Å². The summed E-state index contributed by atoms with van der Waals surface area (Å²) >= 11 is 10.6. The van der Waals surface area contributed by atoms with Crippen molar-refractivity contribution in [2.75, 3.05) is 37.8 Å². The monoisotopic (exact) mass is 436 g/mol. The predicted octanol–water partition coefficient (Wildman–Crippen LogP) is -0.214. The Morgan fingerprint density at radius 1 is 1.09 bits per heavy atom. The van der Waals surface area contributed by atoms with E-state index < -0.39 is 18.1 Å². The van der Waals surface area contributed by atoms with Crippen molar-refractivity contribution >= 4 is 37.2 Å². The molecule has 0 aliphatic carbocycles. The predicted molar refractivity (Wildman–Crippen MR) is 82.2 cm³/mol. The van der Waals surface area contributed by atoms with Crippen LogP contribution in [0.5, 0.6) is 0 Å². The third-order valence-corrected chi connectivity index (χ3v) is 2.96. The molecule has 7 nitrogen and oxygen atoms in total. The Morgan fingerprint density at radius 3 is 2.09 bits per heavy atom. The number of nitrogens with one attached hydrogen (secondary N) is 1. The number of ether oxygens (including phenoxy) is 2. The van der Waals surface area contributed by atoms with Crippen LogP contribution in [0.4, 0.5) is 0 Å². The Bertz CT molecular complexity index is 285. The number of nitrogens with zero attached hydrogens (tertiary/aromatic N) is 1. The van der Waals surface area contributed by atoms with Crippen LogP contribution in [-0.2, 0) is 66.7 Å². The summed E-state index contributed by atoms with van der Waals surface area (Å²) in [4.78, 5) is 22.9. The minimum atomic E-state index is -0.628. The van der Waals surface area contributed by atoms with E-state index in [0.717, 1.165) is 18.9 Å². The van der Waals surface area contributed by atoms with E-state index in [0.29, 0.717) is 26.3 Å². The summed E-state index contributed by atoms with van der Waals surface area (Å²) in [5, 5.41) is 7.09. The topological polar surface area (TPSA) is 95.8 Å². The van der Waals surface area contributed by atoms with E-state index in [4.69, 9.17) is 38.2 Å². The molecule has 0 amide bonds. The summed E-state index contributed by atoms with van der Waals surface area (Å²) in [6.07, 6.45) is 0. The molecular weight excluding hydrogens is 415 g/mol. The van der Waals surface area contributed by atoms with Gasteiger partial charge in [-0.1, -0.05) is 6.04 Å². The molecule has 0 aromatic heterocycles. The molecule has 0 bridgehead atoms. The fraction of sp³-hybridized carbons (Fsp3) is 0.833. The van der Waals surface area contributed by atoms with E-state index in [1.807, 2.05) is 0 Å². The van der Waals surface area contributed by atoms with Crippen LogP contribution in [0.2, 0.25) is 0 Å². The van der Waals surface area contributed by atoms with E-state index in [1.54, 1.807) is 13.8 Å². The third kappa shape index (κ3) is 11.6. The van der Waals surface area contributed by atoms with Crippen molar-refractivity contribution < 1.29 is 41.4 Å². The molecule has 0 aromatic carbocycles. The molecule has 0 spiro atoms. The van der Waals surface area contributed by atoms with Gasteiger partial charge in [-0.15, -0.1) is 12.3 Å². The molecule has 0 aliphatic rings. The van der Waals surface area contributed by atoms with Crippen molar-refractivity contribution in [3.63, 3.8) is 0 Å². The maximum atomic E-state index is 11.5. The fourth-order valence-corrected chi connectivity index (χ4v) is 1.84. The summed E-state index contributed by atoms with van der Waals surface area (Å²) in [7, 11) is 0. The number of hydrogen-bond acceptors (Lipinski definition) is 8. The molecule has 127 valence electrons. The average molecular weight is 436 g/mol. The van der Waals surface area contributed by atoms with Crippen LogP contribution in [0.15, 0.2) is 0 Å². The Labute approximate surface area is 152 Å². The second-order valence-electron chi connectivity index (χ2n) is 3.77. The molecule has 0 aliphatic heterocycles. The second kappa shape index (κ2) is 17.4. The molecule has 0 unspecified atom stereocenters. The zero-order valence-corrected chi connectivity index (χ0v) is 16.1. The van der Waals surface area contributed by atoms with Crippen LogP contribution in [0.1, 0.15) is 13.8 Å². The van der Waals surface area contributed by atoms with Gasteiger partial charge < -0.3 is 45.4 Å². The van der Waals surface area contributed by atoms with E-state index in [9.17, 15) is 9.59 Å². The third-order valence-electron chi connectivity index (χ3n) is 2.31. The standard InChI is InChI=1S/C12H23N2O4S2.O.Tc/c1-3-17-11(15)9(7-19)13-5-6-14-10(8-20)12(16)18-4-2;;/h9-10,13,19-20H,3-8H2,1-2H3;;/q-1;;+4/p-2/t9-,10-;;/m0../s1/i;;1+1. The van der Waals surface area contributed by atoms with E-state index in [1.165, 1.54) is 0 Å². The van der Waals surface area contributed by atoms with Crippen molar-refractivity contribution in [2.45, 2.75) is 25.9 Å². The van der Waals surface area contributed by atoms with Crippen LogP contribution in [0, 0.1) is 0 Å². The van der Waals surface area contributed by atoms with Gasteiger partial charge >= 0.3 is 28.3 Å². The summed E-state index contributed by atoms with van der Waals surface area (Å²) < 4.78 is 17.9. The molecule has 0 rings (SSSR count). The summed E-state index contributed by atoms with van der Waals surface area (Å²) in [6.45, 7) is 4.86. The normalized spacial score (nSPS) is 12.6. The van der Waals surface area contributed by atoms with Crippen molar-refractivity contribution in [1.29, 1.82) is 0 Å². The van der Waals surface area contributed by atoms with E-state index >= 15 is 0 Å². The van der Waals surface area contributed by atoms with Gasteiger partial charge in [-0.05, 0) is 20.4 Å². The van der Waals surface area contributed by atoms with E-state index in [-0.39, 0.29) is 17.5 Å². The van der Waals surface area contributed by atoms with Gasteiger partial charge in [-0.2, -0.15) is 5.75 Å². The van der Waals surface area contributed by atoms with Gasteiger partial charge in [0, 0.05) is 0 Å². The SMILES string of the molecule is CCOC(=O)[C@H](C[S-])[N-]CCN[C@@H](C[S-])C(=O)OCC.[O]=[99Tc+4]. The molecule has 1 N–H and O–H groups in total. The van der Waals surface area contributed by atoms with Crippen molar-refractivity contribution in [1.82, 2.24) is 5.32 Å². The van der Waals surface area contributed by atoms with Gasteiger partial charge in [0.05, 0.1) is 19.3 Å². The molecule has 0 fully saturated rings. The van der Waals surface area contributed by atoms with Gasteiger partial charge in [-0.25, -0.2) is 0 Å². The van der Waals surface area contributed by atoms with Crippen molar-refractivity contribution in [3.05, 3.63) is 5.32 Å². The Kier molecular flexibility index (Phi) is 19.2. The molecule has 22 heavy (non-hydrogen) atoms. The zero-order valence-electron chi connectivity index (χ0n) is 12.6. The Hall–Kier alpha value is 0.00935. The minimum absolute atomic E-state index is 0.182. The van der Waals surface area contributed by atoms with Gasteiger partial charge in [0.15, 0.2) is 0 Å². The quantitative estimate of drug-likeness (QED) is 0.270. The molecular formula is C12H21N2O5S2Tc+. The molecule has 0 heterocycles. The van der Waals surface area contributed by atoms with Crippen molar-refractivity contribution in [3.8, 4) is 0 Å². The zero-order chi connectivity index (χ0) is 17.4. The first-order valence-electron chi connectivity index (χ1n) is 6.65. The molecule has 0 aromatic rings. The fourth-order valence-electron chi connectivity index (χ4n) is 1.35. The first-order chi connectivity index (χ1) is 10.6. The second-order valence-corrected chi connectivity index (χ2v) is 4.43. The summed E-state index contributed by atoms with van der Waals surface area (Å²) in [5.74, 6) is -0.372. The van der Waals surface area contributed by atoms with Gasteiger partial charge in [-0.3, -0.25) is 9.59 Å². The maximum absolute atomic E-state index is 11.5. The van der Waals surface area contributed by atoms with Gasteiger partial charge in [0.25, 0.3) is 5.97 Å². The Morgan fingerprint density at radius 2 is 1.64 bits per heavy atom. The van der Waals surface area contributed by atoms with E-state index in [2.05, 4.69) is 10.6 Å². The summed E-state index contributed by atoms with van der Waals surface area (Å²) in [6, 6.07) is -1.15. The van der Waals surface area contributed by atoms with Crippen LogP contribution in [-0.4, -0.2) is 61.8 Å². The van der Waals surface area contributed by atoms with Crippen LogP contribution < -0.4 is 5.32 Å². The number of carbonyl (C=O) groups excluding carboxylic acids is 2. The van der Waals surface area contributed by atoms with Crippen LogP contribution in [0.3, 0.4) is 0 Å². The number of carbonyl (C=O) groups is 2. The molecule has 0 saturated carbocycles. The first kappa shape index (κ1) is 24.3. The Balaban J connectivity index is 0. The molecule has 10 heteroatoms. The first-order valence-corrected chi connectivity index (χ1v) is 8.56. The van der Waals surface area contributed by atoms with Crippen LogP contribution >= 0.6 is 0 Å². The molecule has 0 saturated heterocycles. The number of rotatable bonds is 11.